The fourth-order valence-electron chi connectivity index (χ4n) is 2.08. The third-order valence-electron chi connectivity index (χ3n) is 3.13. The summed E-state index contributed by atoms with van der Waals surface area (Å²) in [4.78, 5) is 0. The zero-order chi connectivity index (χ0) is 12.1. The topological polar surface area (TPSA) is 44.0 Å². The molecule has 0 heterocycles. The molecule has 0 spiro atoms. The summed E-state index contributed by atoms with van der Waals surface area (Å²) in [5, 5.41) is 18.9. The van der Waals surface area contributed by atoms with E-state index >= 15 is 0 Å². The molecule has 1 aromatic rings. The van der Waals surface area contributed by atoms with Gasteiger partial charge >= 0.3 is 0 Å². The summed E-state index contributed by atoms with van der Waals surface area (Å²) in [7, 11) is 0. The fourth-order valence-corrected chi connectivity index (χ4v) is 2.08. The van der Waals surface area contributed by atoms with Crippen molar-refractivity contribution in [3.05, 3.63) is 35.4 Å². The molecule has 1 aromatic carbocycles. The summed E-state index contributed by atoms with van der Waals surface area (Å²) in [6, 6.07) is 9.19. The standard InChI is InChI=1S/C15H15NO/c16-12-14-6-4-13(5-7-14)8-11-15(17)9-2-1-3-10-15/h4-7,17H,1-3,9-10H2. The Kier molecular flexibility index (Phi) is 3.47. The van der Waals surface area contributed by atoms with Crippen molar-refractivity contribution < 1.29 is 5.11 Å². The zero-order valence-corrected chi connectivity index (χ0v) is 9.74. The minimum Gasteiger partial charge on any atom is -0.378 e. The Hall–Kier alpha value is -1.77. The highest BCUT2D eigenvalue weighted by atomic mass is 16.3. The lowest BCUT2D eigenvalue weighted by atomic mass is 9.85. The molecule has 86 valence electrons. The summed E-state index contributed by atoms with van der Waals surface area (Å²) >= 11 is 0. The molecule has 1 N–H and O–H groups in total. The number of nitrogens with zero attached hydrogens (tertiary/aromatic N) is 1. The number of aliphatic hydroxyl groups is 1. The maximum Gasteiger partial charge on any atom is 0.125 e. The van der Waals surface area contributed by atoms with Gasteiger partial charge in [-0.05, 0) is 49.9 Å². The molecule has 1 saturated carbocycles. The third-order valence-corrected chi connectivity index (χ3v) is 3.13. The van der Waals surface area contributed by atoms with Gasteiger partial charge in [0.25, 0.3) is 0 Å². The van der Waals surface area contributed by atoms with E-state index in [-0.39, 0.29) is 0 Å². The van der Waals surface area contributed by atoms with E-state index in [4.69, 9.17) is 5.26 Å². The van der Waals surface area contributed by atoms with Crippen LogP contribution in [0.2, 0.25) is 0 Å². The first-order chi connectivity index (χ1) is 8.22. The Labute approximate surface area is 102 Å². The molecule has 0 unspecified atom stereocenters. The Balaban J connectivity index is 2.12. The van der Waals surface area contributed by atoms with Crippen molar-refractivity contribution in [3.8, 4) is 17.9 Å². The van der Waals surface area contributed by atoms with E-state index in [1.165, 1.54) is 6.42 Å². The third kappa shape index (κ3) is 3.09. The molecule has 17 heavy (non-hydrogen) atoms. The second-order valence-electron chi connectivity index (χ2n) is 4.53. The Morgan fingerprint density at radius 3 is 2.18 bits per heavy atom. The van der Waals surface area contributed by atoms with Crippen molar-refractivity contribution in [1.29, 1.82) is 5.26 Å². The van der Waals surface area contributed by atoms with Gasteiger partial charge in [0.05, 0.1) is 11.6 Å². The quantitative estimate of drug-likeness (QED) is 0.690. The SMILES string of the molecule is N#Cc1ccc(C#CC2(O)CCCCC2)cc1. The van der Waals surface area contributed by atoms with Crippen LogP contribution in [0.25, 0.3) is 0 Å². The molecule has 0 bridgehead atoms. The van der Waals surface area contributed by atoms with Crippen LogP contribution in [0.3, 0.4) is 0 Å². The van der Waals surface area contributed by atoms with E-state index in [0.29, 0.717) is 5.56 Å². The largest absolute Gasteiger partial charge is 0.378 e. The molecule has 0 amide bonds. The van der Waals surface area contributed by atoms with Crippen molar-refractivity contribution >= 4 is 0 Å². The van der Waals surface area contributed by atoms with Gasteiger partial charge in [-0.2, -0.15) is 5.26 Å². The molecule has 2 rings (SSSR count). The van der Waals surface area contributed by atoms with Crippen LogP contribution >= 0.6 is 0 Å². The highest BCUT2D eigenvalue weighted by Crippen LogP contribution is 2.27. The number of nitriles is 1. The van der Waals surface area contributed by atoms with Crippen LogP contribution in [-0.2, 0) is 0 Å². The molecule has 0 atom stereocenters. The van der Waals surface area contributed by atoms with Crippen LogP contribution in [0.5, 0.6) is 0 Å². The van der Waals surface area contributed by atoms with E-state index in [2.05, 4.69) is 17.9 Å². The molecule has 0 aromatic heterocycles. The van der Waals surface area contributed by atoms with Crippen LogP contribution in [-0.4, -0.2) is 10.7 Å². The minimum absolute atomic E-state index is 0.631. The fraction of sp³-hybridized carbons (Fsp3) is 0.400. The first-order valence-corrected chi connectivity index (χ1v) is 5.98. The maximum absolute atomic E-state index is 10.2. The first-order valence-electron chi connectivity index (χ1n) is 5.98. The van der Waals surface area contributed by atoms with Crippen molar-refractivity contribution in [2.24, 2.45) is 0 Å². The Morgan fingerprint density at radius 1 is 1.00 bits per heavy atom. The highest BCUT2D eigenvalue weighted by molar-refractivity contribution is 5.40. The van der Waals surface area contributed by atoms with Gasteiger partial charge in [-0.1, -0.05) is 18.3 Å². The summed E-state index contributed by atoms with van der Waals surface area (Å²) in [6.45, 7) is 0. The van der Waals surface area contributed by atoms with Crippen molar-refractivity contribution in [2.75, 3.05) is 0 Å². The van der Waals surface area contributed by atoms with Crippen LogP contribution in [0.1, 0.15) is 43.2 Å². The molecular weight excluding hydrogens is 210 g/mol. The van der Waals surface area contributed by atoms with E-state index in [0.717, 1.165) is 31.2 Å². The predicted molar refractivity (Wildman–Crippen MR) is 66.1 cm³/mol. The van der Waals surface area contributed by atoms with Gasteiger partial charge < -0.3 is 5.11 Å². The van der Waals surface area contributed by atoms with E-state index in [1.807, 2.05) is 12.1 Å². The zero-order valence-electron chi connectivity index (χ0n) is 9.74. The first kappa shape index (κ1) is 11.7. The molecule has 0 radical (unpaired) electrons. The lowest BCUT2D eigenvalue weighted by Crippen LogP contribution is -2.29. The monoisotopic (exact) mass is 225 g/mol. The maximum atomic E-state index is 10.2. The van der Waals surface area contributed by atoms with Crippen molar-refractivity contribution in [1.82, 2.24) is 0 Å². The average Bonchev–Trinajstić information content (AvgIpc) is 2.38. The molecule has 0 saturated heterocycles. The summed E-state index contributed by atoms with van der Waals surface area (Å²) in [5.74, 6) is 5.97. The van der Waals surface area contributed by atoms with Gasteiger partial charge in [-0.25, -0.2) is 0 Å². The molecule has 2 heteroatoms. The molecule has 1 fully saturated rings. The second kappa shape index (κ2) is 5.04. The van der Waals surface area contributed by atoms with Crippen LogP contribution in [0, 0.1) is 23.2 Å². The van der Waals surface area contributed by atoms with Crippen molar-refractivity contribution in [2.45, 2.75) is 37.7 Å². The van der Waals surface area contributed by atoms with E-state index < -0.39 is 5.60 Å². The smallest absolute Gasteiger partial charge is 0.125 e. The van der Waals surface area contributed by atoms with Gasteiger partial charge in [0.15, 0.2) is 0 Å². The molecular formula is C15H15NO. The van der Waals surface area contributed by atoms with Gasteiger partial charge in [0.1, 0.15) is 5.60 Å². The van der Waals surface area contributed by atoms with Gasteiger partial charge in [0, 0.05) is 5.56 Å². The summed E-state index contributed by atoms with van der Waals surface area (Å²) < 4.78 is 0. The number of hydrogen-bond acceptors (Lipinski definition) is 2. The van der Waals surface area contributed by atoms with E-state index in [9.17, 15) is 5.11 Å². The van der Waals surface area contributed by atoms with Crippen molar-refractivity contribution in [3.63, 3.8) is 0 Å². The van der Waals surface area contributed by atoms with Crippen LogP contribution < -0.4 is 0 Å². The molecule has 1 aliphatic carbocycles. The normalized spacial score (nSPS) is 17.6. The second-order valence-corrected chi connectivity index (χ2v) is 4.53. The molecule has 1 aliphatic rings. The van der Waals surface area contributed by atoms with Gasteiger partial charge in [-0.15, -0.1) is 0 Å². The summed E-state index contributed by atoms with van der Waals surface area (Å²) in [6.07, 6.45) is 4.85. The number of hydrogen-bond donors (Lipinski definition) is 1. The van der Waals surface area contributed by atoms with Crippen LogP contribution in [0.4, 0.5) is 0 Å². The average molecular weight is 225 g/mol. The lowest BCUT2D eigenvalue weighted by molar-refractivity contribution is 0.0610. The summed E-state index contributed by atoms with van der Waals surface area (Å²) in [5.41, 5.74) is 0.682. The molecule has 2 nitrogen and oxygen atoms in total. The predicted octanol–water partition coefficient (Wildman–Crippen LogP) is 2.60. The van der Waals surface area contributed by atoms with Gasteiger partial charge in [-0.3, -0.25) is 0 Å². The van der Waals surface area contributed by atoms with E-state index in [1.54, 1.807) is 12.1 Å². The Bertz CT molecular complexity index is 478. The minimum atomic E-state index is -0.799. The van der Waals surface area contributed by atoms with Gasteiger partial charge in [0.2, 0.25) is 0 Å². The van der Waals surface area contributed by atoms with Crippen LogP contribution in [0.15, 0.2) is 24.3 Å². The number of rotatable bonds is 0. The molecule has 0 aliphatic heterocycles. The lowest BCUT2D eigenvalue weighted by Gasteiger charge is -2.26. The highest BCUT2D eigenvalue weighted by Gasteiger charge is 2.26. The number of benzene rings is 1. The Morgan fingerprint density at radius 2 is 1.59 bits per heavy atom.